The van der Waals surface area contributed by atoms with Gasteiger partial charge in [0.25, 0.3) is 0 Å². The van der Waals surface area contributed by atoms with Crippen LogP contribution in [0, 0.1) is 0 Å². The van der Waals surface area contributed by atoms with Crippen molar-refractivity contribution in [2.75, 3.05) is 6.61 Å². The molecule has 0 fully saturated rings. The molecule has 0 aliphatic heterocycles. The van der Waals surface area contributed by atoms with Crippen molar-refractivity contribution in [1.29, 1.82) is 0 Å². The monoisotopic (exact) mass is 1090 g/mol. The van der Waals surface area contributed by atoms with Crippen LogP contribution < -0.4 is 0 Å². The third-order valence-electron chi connectivity index (χ3n) is 2.86. The van der Waals surface area contributed by atoms with E-state index in [4.69, 9.17) is 0 Å². The van der Waals surface area contributed by atoms with E-state index in [1.54, 1.807) is 0 Å². The molecule has 1 N–H and O–H groups in total. The predicted molar refractivity (Wildman–Crippen MR) is 146 cm³/mol. The van der Waals surface area contributed by atoms with Crippen LogP contribution in [0.1, 0.15) is 19.8 Å². The van der Waals surface area contributed by atoms with Crippen LogP contribution >= 0.6 is 191 Å². The van der Waals surface area contributed by atoms with Crippen LogP contribution in [0.2, 0.25) is 0 Å². The van der Waals surface area contributed by atoms with Crippen LogP contribution in [0.15, 0.2) is 0 Å². The van der Waals surface area contributed by atoms with Crippen LogP contribution in [0.3, 0.4) is 0 Å². The molecule has 0 saturated heterocycles. The predicted octanol–water partition coefficient (Wildman–Crippen LogP) is 9.70. The first-order chi connectivity index (χ1) is 9.87. The van der Waals surface area contributed by atoms with Gasteiger partial charge >= 0.3 is 0 Å². The van der Waals surface area contributed by atoms with E-state index >= 15 is 0 Å². The Kier molecular flexibility index (Phi) is 12.4. The smallest absolute Gasteiger partial charge is 0.135 e. The first-order valence-corrected chi connectivity index (χ1v) is 15.3. The summed E-state index contributed by atoms with van der Waals surface area (Å²) in [6.07, 6.45) is 1.78. The molecular weight excluding hydrogens is 1090 g/mol. The molecule has 0 unspecified atom stereocenters. The molecule has 0 atom stereocenters. The van der Waals surface area contributed by atoms with E-state index in [9.17, 15) is 5.11 Å². The molecule has 140 valence electrons. The largest absolute Gasteiger partial charge is 0.394 e. The van der Waals surface area contributed by atoms with Crippen LogP contribution in [-0.2, 0) is 0 Å². The van der Waals surface area contributed by atoms with Gasteiger partial charge in [-0.25, -0.2) is 0 Å². The lowest BCUT2D eigenvalue weighted by atomic mass is 10.1. The van der Waals surface area contributed by atoms with E-state index < -0.39 is 19.4 Å². The van der Waals surface area contributed by atoms with Gasteiger partial charge in [0, 0.05) is 0 Å². The molecular formula is C10H10Br12O. The van der Waals surface area contributed by atoms with E-state index in [1.807, 2.05) is 0 Å². The summed E-state index contributed by atoms with van der Waals surface area (Å²) in [7, 11) is 0. The van der Waals surface area contributed by atoms with Crippen molar-refractivity contribution >= 4 is 191 Å². The van der Waals surface area contributed by atoms with Crippen molar-refractivity contribution in [2.24, 2.45) is 0 Å². The average molecular weight is 1110 g/mol. The Bertz CT molecular complexity index is 416. The van der Waals surface area contributed by atoms with Gasteiger partial charge in [-0.1, -0.05) is 205 Å². The average Bonchev–Trinajstić information content (AvgIpc) is 2.37. The van der Waals surface area contributed by atoms with Crippen LogP contribution in [-0.4, -0.2) is 31.1 Å². The molecule has 23 heavy (non-hydrogen) atoms. The Morgan fingerprint density at radius 3 is 1.13 bits per heavy atom. The van der Waals surface area contributed by atoms with Crippen molar-refractivity contribution in [2.45, 2.75) is 39.2 Å². The Hall–Kier alpha value is 5.72. The topological polar surface area (TPSA) is 20.2 Å². The minimum absolute atomic E-state index is 0.196. The van der Waals surface area contributed by atoms with E-state index in [0.29, 0.717) is 0 Å². The zero-order chi connectivity index (χ0) is 19.1. The summed E-state index contributed by atoms with van der Waals surface area (Å²) in [6, 6.07) is 0. The normalized spacial score (nSPS) is 15.9. The zero-order valence-electron chi connectivity index (χ0n) is 11.1. The van der Waals surface area contributed by atoms with E-state index in [0.717, 1.165) is 12.8 Å². The van der Waals surface area contributed by atoms with Gasteiger partial charge in [0.15, 0.2) is 0 Å². The quantitative estimate of drug-likeness (QED) is 0.241. The summed E-state index contributed by atoms with van der Waals surface area (Å²) in [6.45, 7) is 1.90. The van der Waals surface area contributed by atoms with Gasteiger partial charge in [0.2, 0.25) is 0 Å². The van der Waals surface area contributed by atoms with Gasteiger partial charge in [-0.15, -0.1) is 0 Å². The van der Waals surface area contributed by atoms with Crippen LogP contribution in [0.5, 0.6) is 0 Å². The maximum Gasteiger partial charge on any atom is 0.135 e. The highest BCUT2D eigenvalue weighted by atomic mass is 79.9. The fourth-order valence-corrected chi connectivity index (χ4v) is 12.0. The molecule has 0 aliphatic carbocycles. The van der Waals surface area contributed by atoms with E-state index in [-0.39, 0.29) is 6.61 Å². The Labute approximate surface area is 237 Å². The minimum atomic E-state index is -0.906. The Balaban J connectivity index is 6.17. The molecule has 0 radical (unpaired) electrons. The third-order valence-corrected chi connectivity index (χ3v) is 27.0. The standard InChI is InChI=1S/C10H10Br12O/c1-2-3-5(11,12)7(15,16)9(19,20)10(21,22)8(17,18)6(13,14)4-23/h23H,2-4H2,1H3. The summed E-state index contributed by atoms with van der Waals surface area (Å²) in [5.74, 6) is 0. The van der Waals surface area contributed by atoms with Crippen LogP contribution in [0.25, 0.3) is 0 Å². The number of aliphatic hydroxyl groups is 1. The summed E-state index contributed by atoms with van der Waals surface area (Å²) in [4.78, 5) is 0. The number of halogens is 12. The SMILES string of the molecule is CCCC(Br)(Br)C(Br)(Br)C(Br)(Br)C(Br)(Br)C(Br)(Br)C(Br)(Br)CO. The molecule has 0 aromatic rings. The fourth-order valence-electron chi connectivity index (χ4n) is 1.42. The molecule has 0 saturated carbocycles. The molecule has 13 heteroatoms. The number of rotatable bonds is 8. The molecule has 0 rings (SSSR count). The van der Waals surface area contributed by atoms with Gasteiger partial charge < -0.3 is 5.11 Å². The number of aliphatic hydroxyl groups excluding tert-OH is 1. The molecule has 0 heterocycles. The molecule has 0 aromatic heterocycles. The number of hydrogen-bond acceptors (Lipinski definition) is 1. The molecule has 0 spiro atoms. The molecule has 0 amide bonds. The number of hydrogen-bond donors (Lipinski definition) is 1. The number of alkyl halides is 12. The van der Waals surface area contributed by atoms with Gasteiger partial charge in [0.05, 0.1) is 6.61 Å². The Morgan fingerprint density at radius 1 is 0.565 bits per heavy atom. The summed E-state index contributed by atoms with van der Waals surface area (Å²) in [5, 5.41) is 9.74. The van der Waals surface area contributed by atoms with Crippen LogP contribution in [0.4, 0.5) is 0 Å². The maximum absolute atomic E-state index is 9.74. The second kappa shape index (κ2) is 9.90. The lowest BCUT2D eigenvalue weighted by molar-refractivity contribution is 0.282. The van der Waals surface area contributed by atoms with Gasteiger partial charge in [-0.05, 0) is 6.42 Å². The highest BCUT2D eigenvalue weighted by Gasteiger charge is 2.72. The van der Waals surface area contributed by atoms with E-state index in [2.05, 4.69) is 198 Å². The lowest BCUT2D eigenvalue weighted by Gasteiger charge is -2.54. The second-order valence-corrected chi connectivity index (χ2v) is 25.9. The zero-order valence-corrected chi connectivity index (χ0v) is 30.1. The third kappa shape index (κ3) is 5.50. The summed E-state index contributed by atoms with van der Waals surface area (Å²) < 4.78 is -4.79. The fraction of sp³-hybridized carbons (Fsp3) is 1.00. The van der Waals surface area contributed by atoms with Gasteiger partial charge in [0.1, 0.15) is 19.4 Å². The second-order valence-electron chi connectivity index (χ2n) is 4.61. The lowest BCUT2D eigenvalue weighted by Crippen LogP contribution is -2.64. The first kappa shape index (κ1) is 28.7. The highest BCUT2D eigenvalue weighted by Crippen LogP contribution is 2.74. The minimum Gasteiger partial charge on any atom is -0.394 e. The molecule has 1 nitrogen and oxygen atoms in total. The van der Waals surface area contributed by atoms with Crippen molar-refractivity contribution in [3.63, 3.8) is 0 Å². The summed E-state index contributed by atoms with van der Waals surface area (Å²) in [5.41, 5.74) is 0. The van der Waals surface area contributed by atoms with Crippen molar-refractivity contribution in [3.05, 3.63) is 0 Å². The van der Waals surface area contributed by atoms with Gasteiger partial charge in [-0.2, -0.15) is 0 Å². The van der Waals surface area contributed by atoms with Crippen molar-refractivity contribution in [1.82, 2.24) is 0 Å². The molecule has 0 bridgehead atoms. The summed E-state index contributed by atoms with van der Waals surface area (Å²) >= 11 is 44.4. The van der Waals surface area contributed by atoms with Crippen molar-refractivity contribution < 1.29 is 5.11 Å². The van der Waals surface area contributed by atoms with Gasteiger partial charge in [-0.3, -0.25) is 0 Å². The maximum atomic E-state index is 9.74. The molecule has 0 aliphatic rings. The van der Waals surface area contributed by atoms with E-state index in [1.165, 1.54) is 0 Å². The first-order valence-electron chi connectivity index (χ1n) is 5.75. The molecule has 0 aromatic carbocycles. The Morgan fingerprint density at radius 2 is 0.870 bits per heavy atom. The van der Waals surface area contributed by atoms with Crippen molar-refractivity contribution in [3.8, 4) is 0 Å². The highest BCUT2D eigenvalue weighted by molar-refractivity contribution is 9.36.